The molecular formula is C17H18. The molecule has 2 aliphatic carbocycles. The van der Waals surface area contributed by atoms with E-state index in [1.54, 1.807) is 0 Å². The second kappa shape index (κ2) is 3.73. The summed E-state index contributed by atoms with van der Waals surface area (Å²) in [5.74, 6) is 0. The fraction of sp³-hybridized carbons (Fsp3) is 0.294. The number of fused-ring (bicyclic) bond motifs is 2. The van der Waals surface area contributed by atoms with E-state index in [1.807, 2.05) is 0 Å². The molecular weight excluding hydrogens is 204 g/mol. The highest BCUT2D eigenvalue weighted by Crippen LogP contribution is 2.36. The summed E-state index contributed by atoms with van der Waals surface area (Å²) in [6.45, 7) is 4.51. The molecule has 2 aliphatic rings. The Balaban J connectivity index is 2.15. The van der Waals surface area contributed by atoms with E-state index in [2.05, 4.69) is 62.4 Å². The van der Waals surface area contributed by atoms with E-state index >= 15 is 0 Å². The molecule has 0 saturated heterocycles. The Morgan fingerprint density at radius 3 is 2.59 bits per heavy atom. The minimum Gasteiger partial charge on any atom is -0.0748 e. The standard InChI is InChI=1S/C17H18/c1-17(2)11-9-14-8-7-13-5-3-4-6-15(13)16(14)10-12-17/h3-6,9-12H,7-8H2,1-2H3. The van der Waals surface area contributed by atoms with Crippen molar-refractivity contribution in [3.8, 4) is 0 Å². The van der Waals surface area contributed by atoms with Gasteiger partial charge in [-0.15, -0.1) is 0 Å². The minimum atomic E-state index is 0.173. The average molecular weight is 222 g/mol. The summed E-state index contributed by atoms with van der Waals surface area (Å²) in [6, 6.07) is 8.79. The van der Waals surface area contributed by atoms with Crippen LogP contribution in [0, 0.1) is 5.41 Å². The highest BCUT2D eigenvalue weighted by molar-refractivity contribution is 5.82. The minimum absolute atomic E-state index is 0.173. The zero-order valence-electron chi connectivity index (χ0n) is 10.5. The molecule has 0 atom stereocenters. The Hall–Kier alpha value is -1.56. The lowest BCUT2D eigenvalue weighted by molar-refractivity contribution is 0.627. The molecule has 0 radical (unpaired) electrons. The molecule has 1 aromatic rings. The maximum absolute atomic E-state index is 2.32. The maximum Gasteiger partial charge on any atom is 0.00110 e. The van der Waals surface area contributed by atoms with E-state index in [0.29, 0.717) is 0 Å². The summed E-state index contributed by atoms with van der Waals surface area (Å²) >= 11 is 0. The van der Waals surface area contributed by atoms with E-state index in [0.717, 1.165) is 0 Å². The normalized spacial score (nSPS) is 20.8. The Bertz CT molecular complexity index is 539. The molecule has 1 aromatic carbocycles. The molecule has 0 bridgehead atoms. The Morgan fingerprint density at radius 2 is 1.71 bits per heavy atom. The molecule has 0 heterocycles. The van der Waals surface area contributed by atoms with Crippen molar-refractivity contribution in [3.63, 3.8) is 0 Å². The van der Waals surface area contributed by atoms with Crippen molar-refractivity contribution in [2.75, 3.05) is 0 Å². The van der Waals surface area contributed by atoms with Crippen molar-refractivity contribution in [2.45, 2.75) is 26.7 Å². The Morgan fingerprint density at radius 1 is 0.941 bits per heavy atom. The predicted octanol–water partition coefficient (Wildman–Crippen LogP) is 4.54. The van der Waals surface area contributed by atoms with Crippen LogP contribution in [0.15, 0.2) is 54.1 Å². The third-order valence-corrected chi connectivity index (χ3v) is 3.71. The summed E-state index contributed by atoms with van der Waals surface area (Å²) in [7, 11) is 0. The predicted molar refractivity (Wildman–Crippen MR) is 73.7 cm³/mol. The second-order valence-corrected chi connectivity index (χ2v) is 5.58. The van der Waals surface area contributed by atoms with Gasteiger partial charge in [-0.3, -0.25) is 0 Å². The smallest absolute Gasteiger partial charge is 0.00110 e. The van der Waals surface area contributed by atoms with Gasteiger partial charge in [-0.2, -0.15) is 0 Å². The first-order chi connectivity index (χ1) is 8.16. The highest BCUT2D eigenvalue weighted by atomic mass is 14.2. The van der Waals surface area contributed by atoms with Gasteiger partial charge >= 0.3 is 0 Å². The number of hydrogen-bond acceptors (Lipinski definition) is 0. The number of benzene rings is 1. The molecule has 0 aliphatic heterocycles. The van der Waals surface area contributed by atoms with Crippen LogP contribution in [0.2, 0.25) is 0 Å². The van der Waals surface area contributed by atoms with Gasteiger partial charge in [0.1, 0.15) is 0 Å². The maximum atomic E-state index is 2.32. The van der Waals surface area contributed by atoms with Gasteiger partial charge in [0.25, 0.3) is 0 Å². The molecule has 86 valence electrons. The SMILES string of the molecule is CC1(C)C=CC2=C(C=C1)c1ccccc1CC2. The molecule has 0 saturated carbocycles. The van der Waals surface area contributed by atoms with Gasteiger partial charge in [-0.1, -0.05) is 62.4 Å². The van der Waals surface area contributed by atoms with Crippen LogP contribution in [0.25, 0.3) is 5.57 Å². The summed E-state index contributed by atoms with van der Waals surface area (Å²) in [6.07, 6.45) is 11.6. The van der Waals surface area contributed by atoms with Gasteiger partial charge in [0.2, 0.25) is 0 Å². The lowest BCUT2D eigenvalue weighted by Crippen LogP contribution is -2.02. The lowest BCUT2D eigenvalue weighted by atomic mass is 9.85. The number of hydrogen-bond donors (Lipinski definition) is 0. The molecule has 0 amide bonds. The summed E-state index contributed by atoms with van der Waals surface area (Å²) < 4.78 is 0. The topological polar surface area (TPSA) is 0 Å². The largest absolute Gasteiger partial charge is 0.0748 e. The molecule has 0 unspecified atom stereocenters. The summed E-state index contributed by atoms with van der Waals surface area (Å²) in [5, 5.41) is 0. The van der Waals surface area contributed by atoms with Crippen LogP contribution in [-0.2, 0) is 6.42 Å². The van der Waals surface area contributed by atoms with Crippen LogP contribution in [0.5, 0.6) is 0 Å². The van der Waals surface area contributed by atoms with Gasteiger partial charge in [0.15, 0.2) is 0 Å². The average Bonchev–Trinajstić information content (AvgIpc) is 2.49. The number of allylic oxidation sites excluding steroid dienone is 6. The van der Waals surface area contributed by atoms with Gasteiger partial charge in [-0.25, -0.2) is 0 Å². The number of rotatable bonds is 0. The fourth-order valence-corrected chi connectivity index (χ4v) is 2.62. The van der Waals surface area contributed by atoms with Gasteiger partial charge in [-0.05, 0) is 35.1 Å². The molecule has 0 N–H and O–H groups in total. The zero-order chi connectivity index (χ0) is 11.9. The van der Waals surface area contributed by atoms with Gasteiger partial charge in [0.05, 0.1) is 0 Å². The highest BCUT2D eigenvalue weighted by Gasteiger charge is 2.19. The van der Waals surface area contributed by atoms with Crippen LogP contribution in [0.3, 0.4) is 0 Å². The van der Waals surface area contributed by atoms with E-state index in [1.165, 1.54) is 35.1 Å². The summed E-state index contributed by atoms with van der Waals surface area (Å²) in [5.41, 5.74) is 6.00. The first-order valence-corrected chi connectivity index (χ1v) is 6.36. The molecule has 0 heteroatoms. The third kappa shape index (κ3) is 1.88. The van der Waals surface area contributed by atoms with Crippen molar-refractivity contribution in [3.05, 3.63) is 65.3 Å². The third-order valence-electron chi connectivity index (χ3n) is 3.71. The van der Waals surface area contributed by atoms with E-state index in [4.69, 9.17) is 0 Å². The van der Waals surface area contributed by atoms with Gasteiger partial charge < -0.3 is 0 Å². The molecule has 0 fully saturated rings. The van der Waals surface area contributed by atoms with Crippen molar-refractivity contribution >= 4 is 5.57 Å². The van der Waals surface area contributed by atoms with Crippen LogP contribution >= 0.6 is 0 Å². The van der Waals surface area contributed by atoms with E-state index < -0.39 is 0 Å². The first kappa shape index (κ1) is 10.6. The Kier molecular flexibility index (Phi) is 2.32. The fourth-order valence-electron chi connectivity index (χ4n) is 2.62. The van der Waals surface area contributed by atoms with Crippen LogP contribution < -0.4 is 0 Å². The van der Waals surface area contributed by atoms with Crippen LogP contribution in [0.4, 0.5) is 0 Å². The first-order valence-electron chi connectivity index (χ1n) is 6.36. The van der Waals surface area contributed by atoms with Crippen molar-refractivity contribution in [1.29, 1.82) is 0 Å². The van der Waals surface area contributed by atoms with E-state index in [-0.39, 0.29) is 5.41 Å². The molecule has 3 rings (SSSR count). The van der Waals surface area contributed by atoms with Crippen molar-refractivity contribution < 1.29 is 0 Å². The van der Waals surface area contributed by atoms with Crippen molar-refractivity contribution in [2.24, 2.45) is 5.41 Å². The Labute approximate surface area is 103 Å². The molecule has 0 nitrogen and oxygen atoms in total. The molecule has 0 aromatic heterocycles. The van der Waals surface area contributed by atoms with Crippen LogP contribution in [-0.4, -0.2) is 0 Å². The van der Waals surface area contributed by atoms with Crippen molar-refractivity contribution in [1.82, 2.24) is 0 Å². The summed E-state index contributed by atoms with van der Waals surface area (Å²) in [4.78, 5) is 0. The second-order valence-electron chi connectivity index (χ2n) is 5.58. The van der Waals surface area contributed by atoms with Crippen LogP contribution in [0.1, 0.15) is 31.4 Å². The zero-order valence-corrected chi connectivity index (χ0v) is 10.5. The monoisotopic (exact) mass is 222 g/mol. The molecule has 17 heavy (non-hydrogen) atoms. The number of aryl methyl sites for hydroxylation is 1. The lowest BCUT2D eigenvalue weighted by Gasteiger charge is -2.19. The van der Waals surface area contributed by atoms with E-state index in [9.17, 15) is 0 Å². The quantitative estimate of drug-likeness (QED) is 0.604. The molecule has 0 spiro atoms. The van der Waals surface area contributed by atoms with Gasteiger partial charge in [0, 0.05) is 5.41 Å².